The van der Waals surface area contributed by atoms with Crippen LogP contribution in [0.1, 0.15) is 16.8 Å². The summed E-state index contributed by atoms with van der Waals surface area (Å²) < 4.78 is 0. The van der Waals surface area contributed by atoms with Gasteiger partial charge in [-0.2, -0.15) is 0 Å². The van der Waals surface area contributed by atoms with E-state index in [9.17, 15) is 4.79 Å². The van der Waals surface area contributed by atoms with Gasteiger partial charge in [-0.3, -0.25) is 4.79 Å². The van der Waals surface area contributed by atoms with Gasteiger partial charge in [0, 0.05) is 24.7 Å². The Hall–Kier alpha value is -1.06. The molecular weight excluding hydrogens is 212 g/mol. The third-order valence-corrected chi connectivity index (χ3v) is 2.53. The highest BCUT2D eigenvalue weighted by atomic mass is 35.5. The smallest absolute Gasteiger partial charge is 0.253 e. The molecule has 15 heavy (non-hydrogen) atoms. The first-order chi connectivity index (χ1) is 6.77. The number of benzene rings is 1. The second-order valence-electron chi connectivity index (χ2n) is 3.67. The van der Waals surface area contributed by atoms with Crippen molar-refractivity contribution in [2.75, 3.05) is 13.1 Å². The molecule has 1 aliphatic rings. The van der Waals surface area contributed by atoms with E-state index in [1.54, 1.807) is 0 Å². The molecule has 1 unspecified atom stereocenters. The van der Waals surface area contributed by atoms with Gasteiger partial charge >= 0.3 is 0 Å². The van der Waals surface area contributed by atoms with Crippen molar-refractivity contribution >= 4 is 18.3 Å². The SMILES string of the molecule is Cl.NC1CCN(C(=O)c2ccccc2)C1. The lowest BCUT2D eigenvalue weighted by Gasteiger charge is -2.15. The summed E-state index contributed by atoms with van der Waals surface area (Å²) in [4.78, 5) is 13.7. The van der Waals surface area contributed by atoms with Crippen molar-refractivity contribution in [1.82, 2.24) is 4.90 Å². The zero-order chi connectivity index (χ0) is 9.97. The first kappa shape index (κ1) is 12.0. The minimum Gasteiger partial charge on any atom is -0.337 e. The second-order valence-corrected chi connectivity index (χ2v) is 3.67. The molecular formula is C11H15ClN2O. The molecule has 82 valence electrons. The van der Waals surface area contributed by atoms with Crippen LogP contribution in [0.2, 0.25) is 0 Å². The molecule has 1 amide bonds. The molecule has 1 saturated heterocycles. The number of hydrogen-bond acceptors (Lipinski definition) is 2. The molecule has 0 saturated carbocycles. The van der Waals surface area contributed by atoms with Gasteiger partial charge in [-0.1, -0.05) is 18.2 Å². The maximum Gasteiger partial charge on any atom is 0.253 e. The Morgan fingerprint density at radius 2 is 2.00 bits per heavy atom. The molecule has 0 radical (unpaired) electrons. The molecule has 1 atom stereocenters. The van der Waals surface area contributed by atoms with Crippen molar-refractivity contribution in [2.45, 2.75) is 12.5 Å². The summed E-state index contributed by atoms with van der Waals surface area (Å²) in [5, 5.41) is 0. The summed E-state index contributed by atoms with van der Waals surface area (Å²) in [7, 11) is 0. The van der Waals surface area contributed by atoms with Crippen molar-refractivity contribution in [2.24, 2.45) is 5.73 Å². The molecule has 0 aliphatic carbocycles. The molecule has 2 N–H and O–H groups in total. The van der Waals surface area contributed by atoms with Crippen molar-refractivity contribution in [3.05, 3.63) is 35.9 Å². The van der Waals surface area contributed by atoms with E-state index in [1.165, 1.54) is 0 Å². The number of likely N-dealkylation sites (tertiary alicyclic amines) is 1. The fraction of sp³-hybridized carbons (Fsp3) is 0.364. The number of nitrogens with zero attached hydrogens (tertiary/aromatic N) is 1. The molecule has 0 bridgehead atoms. The Labute approximate surface area is 95.7 Å². The van der Waals surface area contributed by atoms with Crippen LogP contribution in [0.5, 0.6) is 0 Å². The van der Waals surface area contributed by atoms with Crippen LogP contribution < -0.4 is 5.73 Å². The van der Waals surface area contributed by atoms with Crippen molar-refractivity contribution in [3.8, 4) is 0 Å². The number of carbonyl (C=O) groups excluding carboxylic acids is 1. The second kappa shape index (κ2) is 5.14. The summed E-state index contributed by atoms with van der Waals surface area (Å²) in [6.07, 6.45) is 0.915. The maximum absolute atomic E-state index is 11.9. The van der Waals surface area contributed by atoms with Gasteiger partial charge in [-0.05, 0) is 18.6 Å². The number of nitrogens with two attached hydrogens (primary N) is 1. The highest BCUT2D eigenvalue weighted by Crippen LogP contribution is 2.11. The molecule has 1 aliphatic heterocycles. The first-order valence-corrected chi connectivity index (χ1v) is 4.87. The van der Waals surface area contributed by atoms with E-state index < -0.39 is 0 Å². The Kier molecular flexibility index (Phi) is 4.12. The predicted octanol–water partition coefficient (Wildman–Crippen LogP) is 1.28. The van der Waals surface area contributed by atoms with E-state index in [2.05, 4.69) is 0 Å². The van der Waals surface area contributed by atoms with E-state index in [0.29, 0.717) is 6.54 Å². The molecule has 1 fully saturated rings. The largest absolute Gasteiger partial charge is 0.337 e. The molecule has 1 aromatic rings. The highest BCUT2D eigenvalue weighted by Gasteiger charge is 2.23. The van der Waals surface area contributed by atoms with Gasteiger partial charge < -0.3 is 10.6 Å². The van der Waals surface area contributed by atoms with Crippen molar-refractivity contribution < 1.29 is 4.79 Å². The van der Waals surface area contributed by atoms with E-state index in [-0.39, 0.29) is 24.4 Å². The van der Waals surface area contributed by atoms with Crippen LogP contribution in [0.25, 0.3) is 0 Å². The average molecular weight is 227 g/mol. The van der Waals surface area contributed by atoms with Crippen LogP contribution in [0.3, 0.4) is 0 Å². The minimum absolute atomic E-state index is 0. The summed E-state index contributed by atoms with van der Waals surface area (Å²) in [6.45, 7) is 1.47. The number of carbonyl (C=O) groups is 1. The molecule has 1 aromatic carbocycles. The van der Waals surface area contributed by atoms with Crippen LogP contribution in [0.15, 0.2) is 30.3 Å². The van der Waals surface area contributed by atoms with Gasteiger partial charge in [0.05, 0.1) is 0 Å². The summed E-state index contributed by atoms with van der Waals surface area (Å²) in [5.74, 6) is 0.0959. The van der Waals surface area contributed by atoms with Gasteiger partial charge in [0.25, 0.3) is 5.91 Å². The summed E-state index contributed by atoms with van der Waals surface area (Å²) in [5.41, 5.74) is 6.50. The lowest BCUT2D eigenvalue weighted by atomic mass is 10.2. The zero-order valence-electron chi connectivity index (χ0n) is 8.43. The molecule has 4 heteroatoms. The van der Waals surface area contributed by atoms with Crippen LogP contribution in [0, 0.1) is 0 Å². The average Bonchev–Trinajstić information content (AvgIpc) is 2.65. The quantitative estimate of drug-likeness (QED) is 0.784. The van der Waals surface area contributed by atoms with Crippen molar-refractivity contribution in [3.63, 3.8) is 0 Å². The molecule has 0 aromatic heterocycles. The monoisotopic (exact) mass is 226 g/mol. The van der Waals surface area contributed by atoms with Gasteiger partial charge in [-0.25, -0.2) is 0 Å². The fourth-order valence-electron chi connectivity index (χ4n) is 1.74. The van der Waals surface area contributed by atoms with Crippen LogP contribution in [0.4, 0.5) is 0 Å². The van der Waals surface area contributed by atoms with E-state index in [0.717, 1.165) is 18.5 Å². The van der Waals surface area contributed by atoms with Gasteiger partial charge in [0.1, 0.15) is 0 Å². The fourth-order valence-corrected chi connectivity index (χ4v) is 1.74. The van der Waals surface area contributed by atoms with Gasteiger partial charge in [0.15, 0.2) is 0 Å². The Bertz CT molecular complexity index is 329. The number of hydrogen-bond donors (Lipinski definition) is 1. The normalized spacial score (nSPS) is 19.8. The Balaban J connectivity index is 0.00000112. The van der Waals surface area contributed by atoms with E-state index >= 15 is 0 Å². The van der Waals surface area contributed by atoms with Crippen LogP contribution >= 0.6 is 12.4 Å². The van der Waals surface area contributed by atoms with Crippen LogP contribution in [-0.4, -0.2) is 29.9 Å². The standard InChI is InChI=1S/C11H14N2O.ClH/c12-10-6-7-13(8-10)11(14)9-4-2-1-3-5-9;/h1-5,10H,6-8,12H2;1H. The van der Waals surface area contributed by atoms with Crippen LogP contribution in [-0.2, 0) is 0 Å². The molecule has 2 rings (SSSR count). The van der Waals surface area contributed by atoms with E-state index in [4.69, 9.17) is 5.73 Å². The third-order valence-electron chi connectivity index (χ3n) is 2.53. The molecule has 1 heterocycles. The topological polar surface area (TPSA) is 46.3 Å². The highest BCUT2D eigenvalue weighted by molar-refractivity contribution is 5.94. The lowest BCUT2D eigenvalue weighted by molar-refractivity contribution is 0.0791. The predicted molar refractivity (Wildman–Crippen MR) is 62.2 cm³/mol. The van der Waals surface area contributed by atoms with E-state index in [1.807, 2.05) is 35.2 Å². The number of rotatable bonds is 1. The summed E-state index contributed by atoms with van der Waals surface area (Å²) >= 11 is 0. The van der Waals surface area contributed by atoms with Crippen molar-refractivity contribution in [1.29, 1.82) is 0 Å². The number of amides is 1. The molecule has 3 nitrogen and oxygen atoms in total. The van der Waals surface area contributed by atoms with Gasteiger partial charge in [0.2, 0.25) is 0 Å². The Morgan fingerprint density at radius 3 is 2.53 bits per heavy atom. The Morgan fingerprint density at radius 1 is 1.33 bits per heavy atom. The summed E-state index contributed by atoms with van der Waals surface area (Å²) in [6, 6.07) is 9.50. The lowest BCUT2D eigenvalue weighted by Crippen LogP contribution is -2.31. The third kappa shape index (κ3) is 2.70. The minimum atomic E-state index is 0. The zero-order valence-corrected chi connectivity index (χ0v) is 9.24. The first-order valence-electron chi connectivity index (χ1n) is 4.87. The molecule has 0 spiro atoms. The van der Waals surface area contributed by atoms with Gasteiger partial charge in [-0.15, -0.1) is 12.4 Å². The maximum atomic E-state index is 11.9. The number of halogens is 1.